The highest BCUT2D eigenvalue weighted by molar-refractivity contribution is 6.31. The van der Waals surface area contributed by atoms with E-state index in [1.807, 2.05) is 80.3 Å². The smallest absolute Gasteiger partial charge is 0.410 e. The van der Waals surface area contributed by atoms with Crippen LogP contribution < -0.4 is 5.32 Å². The van der Waals surface area contributed by atoms with Crippen molar-refractivity contribution in [3.63, 3.8) is 0 Å². The van der Waals surface area contributed by atoms with Crippen LogP contribution in [0.5, 0.6) is 0 Å². The molecule has 6 heterocycles. The van der Waals surface area contributed by atoms with E-state index in [0.29, 0.717) is 41.3 Å². The molecule has 10 nitrogen and oxygen atoms in total. The lowest BCUT2D eigenvalue weighted by Gasteiger charge is -2.39. The maximum atomic E-state index is 12.4. The van der Waals surface area contributed by atoms with Crippen molar-refractivity contribution in [2.24, 2.45) is 0 Å². The third-order valence-electron chi connectivity index (χ3n) is 9.88. The second-order valence-electron chi connectivity index (χ2n) is 14.4. The Morgan fingerprint density at radius 1 is 0.796 bits per heavy atom. The maximum absolute atomic E-state index is 12.4. The maximum Gasteiger partial charge on any atom is 0.410 e. The minimum Gasteiger partial charge on any atom is -0.444 e. The molecule has 12 heteroatoms. The van der Waals surface area contributed by atoms with Crippen LogP contribution in [0.1, 0.15) is 69.9 Å². The molecule has 4 aliphatic heterocycles. The number of carbonyl (C=O) groups excluding carboxylic acids is 1. The van der Waals surface area contributed by atoms with Gasteiger partial charge in [0.1, 0.15) is 17.0 Å². The minimum absolute atomic E-state index is 0.222. The Labute approximate surface area is 297 Å². The van der Waals surface area contributed by atoms with E-state index in [4.69, 9.17) is 37.0 Å². The molecule has 4 fully saturated rings. The molecule has 4 atom stereocenters. The molecule has 4 saturated heterocycles. The Balaban J connectivity index is 0.000000160. The molecule has 2 aromatic carbocycles. The number of hydrogen-bond acceptors (Lipinski definition) is 9. The molecule has 0 unspecified atom stereocenters. The first-order valence-electron chi connectivity index (χ1n) is 17.3. The lowest BCUT2D eigenvalue weighted by molar-refractivity contribution is 0.00464. The number of ether oxygens (including phenoxy) is 1. The summed E-state index contributed by atoms with van der Waals surface area (Å²) in [6.45, 7) is 11.1. The van der Waals surface area contributed by atoms with Gasteiger partial charge in [0, 0.05) is 84.7 Å². The lowest BCUT2D eigenvalue weighted by Crippen LogP contribution is -2.53. The third-order valence-corrected chi connectivity index (χ3v) is 10.4. The first-order valence-corrected chi connectivity index (χ1v) is 18.0. The lowest BCUT2D eigenvalue weighted by atomic mass is 10.1. The van der Waals surface area contributed by atoms with Crippen LogP contribution in [0.4, 0.5) is 4.79 Å². The van der Waals surface area contributed by atoms with E-state index in [1.54, 1.807) is 0 Å². The highest BCUT2D eigenvalue weighted by Gasteiger charge is 2.41. The van der Waals surface area contributed by atoms with E-state index in [1.165, 1.54) is 6.42 Å². The van der Waals surface area contributed by atoms with Crippen LogP contribution in [0.3, 0.4) is 0 Å². The van der Waals surface area contributed by atoms with E-state index >= 15 is 0 Å². The number of benzene rings is 2. The number of carbonyl (C=O) groups is 1. The zero-order valence-electron chi connectivity index (χ0n) is 28.3. The van der Waals surface area contributed by atoms with Gasteiger partial charge in [-0.05, 0) is 70.7 Å². The summed E-state index contributed by atoms with van der Waals surface area (Å²) in [5, 5.41) is 13.5. The predicted octanol–water partition coefficient (Wildman–Crippen LogP) is 7.85. The van der Waals surface area contributed by atoms with Crippen molar-refractivity contribution in [2.45, 2.75) is 76.2 Å². The van der Waals surface area contributed by atoms with Crippen LogP contribution in [-0.4, -0.2) is 88.1 Å². The number of nitrogens with one attached hydrogen (secondary N) is 1. The van der Waals surface area contributed by atoms with Crippen LogP contribution in [0.15, 0.2) is 69.7 Å². The monoisotopic (exact) mass is 706 g/mol. The number of piperazine rings is 2. The molecule has 2 aromatic heterocycles. The molecule has 1 N–H and O–H groups in total. The first-order chi connectivity index (χ1) is 23.6. The predicted molar refractivity (Wildman–Crippen MR) is 190 cm³/mol. The molecule has 4 aliphatic rings. The normalized spacial score (nSPS) is 24.2. The number of amides is 1. The summed E-state index contributed by atoms with van der Waals surface area (Å²) in [5.74, 6) is 1.53. The van der Waals surface area contributed by atoms with Crippen LogP contribution >= 0.6 is 23.2 Å². The number of halogens is 2. The molecule has 8 rings (SSSR count). The largest absolute Gasteiger partial charge is 0.444 e. The summed E-state index contributed by atoms with van der Waals surface area (Å²) in [6, 6.07) is 21.0. The molecular weight excluding hydrogens is 663 g/mol. The molecule has 4 aromatic rings. The molecule has 0 bridgehead atoms. The van der Waals surface area contributed by atoms with Gasteiger partial charge in [-0.25, -0.2) is 4.79 Å². The van der Waals surface area contributed by atoms with E-state index in [-0.39, 0.29) is 12.1 Å². The molecule has 0 saturated carbocycles. The fraction of sp³-hybridized carbons (Fsp3) is 0.486. The second-order valence-corrected chi connectivity index (χ2v) is 15.2. The standard InChI is InChI=1S/C21H26ClN3O3.C16H18ClN3O/c1-21(2,3)27-20(26)24-9-10-25-16(13-24)7-8-18(25)17-12-19(28-23-17)14-5-4-6-15(22)11-14;17-12-3-1-2-11(8-12)16-9-14(19-21-16)15-5-4-13-10-18-6-7-20(13)15/h4-6,11-12,16,18H,7-10,13H2,1-3H3;1-3,8-9,13,15,18H,4-7,10H2/t16-,18+;13-,15+/m00/s1. The highest BCUT2D eigenvalue weighted by atomic mass is 35.5. The van der Waals surface area contributed by atoms with E-state index < -0.39 is 5.60 Å². The summed E-state index contributed by atoms with van der Waals surface area (Å²) < 4.78 is 16.7. The van der Waals surface area contributed by atoms with Crippen LogP contribution in [0, 0.1) is 0 Å². The number of aromatic nitrogens is 2. The summed E-state index contributed by atoms with van der Waals surface area (Å²) >= 11 is 12.1. The van der Waals surface area contributed by atoms with Crippen molar-refractivity contribution >= 4 is 29.3 Å². The number of fused-ring (bicyclic) bond motifs is 2. The van der Waals surface area contributed by atoms with Crippen molar-refractivity contribution in [3.05, 3.63) is 82.1 Å². The van der Waals surface area contributed by atoms with Gasteiger partial charge in [-0.2, -0.15) is 0 Å². The van der Waals surface area contributed by atoms with Gasteiger partial charge < -0.3 is 24.0 Å². The van der Waals surface area contributed by atoms with Crippen molar-refractivity contribution in [1.82, 2.24) is 30.3 Å². The molecule has 0 aliphatic carbocycles. The van der Waals surface area contributed by atoms with Gasteiger partial charge in [-0.3, -0.25) is 9.80 Å². The SMILES string of the molecule is CC(C)(C)OC(=O)N1CCN2[C@@H](CC[C@@H]2c2cc(-c3cccc(Cl)c3)on2)C1.Clc1cccc(-c2cc([C@H]3CC[C@H]4CNCCN43)no2)c1. The van der Waals surface area contributed by atoms with Crippen molar-refractivity contribution < 1.29 is 18.6 Å². The van der Waals surface area contributed by atoms with Gasteiger partial charge in [0.25, 0.3) is 0 Å². The Hall–Kier alpha value is -3.41. The number of rotatable bonds is 4. The quantitative estimate of drug-likeness (QED) is 0.227. The fourth-order valence-electron chi connectivity index (χ4n) is 7.60. The summed E-state index contributed by atoms with van der Waals surface area (Å²) in [5.41, 5.74) is 3.44. The first kappa shape index (κ1) is 34.1. The molecular formula is C37H44Cl2N6O4. The number of nitrogens with zero attached hydrogens (tertiary/aromatic N) is 5. The zero-order chi connectivity index (χ0) is 34.1. The molecule has 0 spiro atoms. The molecule has 0 radical (unpaired) electrons. The van der Waals surface area contributed by atoms with Crippen molar-refractivity contribution in [1.29, 1.82) is 0 Å². The molecule has 49 heavy (non-hydrogen) atoms. The average Bonchev–Trinajstić information content (AvgIpc) is 3.89. The summed E-state index contributed by atoms with van der Waals surface area (Å²) in [6.07, 6.45) is 4.21. The topological polar surface area (TPSA) is 100 Å². The van der Waals surface area contributed by atoms with E-state index in [2.05, 4.69) is 31.5 Å². The second kappa shape index (κ2) is 14.4. The van der Waals surface area contributed by atoms with Gasteiger partial charge >= 0.3 is 6.09 Å². The van der Waals surface area contributed by atoms with Gasteiger partial charge in [-0.15, -0.1) is 0 Å². The van der Waals surface area contributed by atoms with Gasteiger partial charge in [0.2, 0.25) is 0 Å². The Morgan fingerprint density at radius 3 is 1.94 bits per heavy atom. The van der Waals surface area contributed by atoms with E-state index in [9.17, 15) is 4.79 Å². The average molecular weight is 708 g/mol. The van der Waals surface area contributed by atoms with Gasteiger partial charge in [-0.1, -0.05) is 57.8 Å². The van der Waals surface area contributed by atoms with Gasteiger partial charge in [0.05, 0.1) is 12.1 Å². The minimum atomic E-state index is -0.468. The van der Waals surface area contributed by atoms with E-state index in [0.717, 1.165) is 79.5 Å². The fourth-order valence-corrected chi connectivity index (χ4v) is 7.98. The highest BCUT2D eigenvalue weighted by Crippen LogP contribution is 2.40. The summed E-state index contributed by atoms with van der Waals surface area (Å²) in [4.78, 5) is 19.2. The summed E-state index contributed by atoms with van der Waals surface area (Å²) in [7, 11) is 0. The molecule has 1 amide bonds. The van der Waals surface area contributed by atoms with Crippen LogP contribution in [-0.2, 0) is 4.74 Å². The van der Waals surface area contributed by atoms with Crippen molar-refractivity contribution in [3.8, 4) is 22.6 Å². The van der Waals surface area contributed by atoms with Crippen molar-refractivity contribution in [2.75, 3.05) is 39.3 Å². The number of hydrogen-bond donors (Lipinski definition) is 1. The third kappa shape index (κ3) is 7.84. The Kier molecular flexibility index (Phi) is 10.0. The Bertz CT molecular complexity index is 1750. The van der Waals surface area contributed by atoms with Gasteiger partial charge in [0.15, 0.2) is 11.5 Å². The molecule has 260 valence electrons. The van der Waals surface area contributed by atoms with Crippen LogP contribution in [0.25, 0.3) is 22.6 Å². The Morgan fingerprint density at radius 2 is 1.37 bits per heavy atom. The van der Waals surface area contributed by atoms with Crippen LogP contribution in [0.2, 0.25) is 10.0 Å². The zero-order valence-corrected chi connectivity index (χ0v) is 29.8.